The van der Waals surface area contributed by atoms with E-state index in [-0.39, 0.29) is 17.2 Å². The molecule has 0 aliphatic carbocycles. The number of benzene rings is 1. The van der Waals surface area contributed by atoms with Crippen LogP contribution in [0.4, 0.5) is 0 Å². The van der Waals surface area contributed by atoms with Gasteiger partial charge in [0.15, 0.2) is 0 Å². The van der Waals surface area contributed by atoms with Gasteiger partial charge in [0.05, 0.1) is 16.5 Å². The third-order valence-electron chi connectivity index (χ3n) is 3.45. The molecule has 4 nitrogen and oxygen atoms in total. The van der Waals surface area contributed by atoms with E-state index < -0.39 is 16.9 Å². The van der Waals surface area contributed by atoms with E-state index >= 15 is 0 Å². The lowest BCUT2D eigenvalue weighted by atomic mass is 9.96. The molecule has 1 aromatic carbocycles. The highest BCUT2D eigenvalue weighted by Gasteiger charge is 2.43. The Balaban J connectivity index is 2.62. The van der Waals surface area contributed by atoms with E-state index in [1.807, 2.05) is 0 Å². The van der Waals surface area contributed by atoms with E-state index in [0.29, 0.717) is 15.6 Å². The van der Waals surface area contributed by atoms with Crippen LogP contribution in [0.25, 0.3) is 5.57 Å². The fraction of sp³-hybridized carbons (Fsp3) is 0.412. The number of hydrogen-bond donors (Lipinski definition) is 1. The Hall–Kier alpha value is -1.52. The largest absolute Gasteiger partial charge is 0.427 e. The van der Waals surface area contributed by atoms with Crippen molar-refractivity contribution in [3.8, 4) is 0 Å². The maximum Gasteiger partial charge on any atom is 0.316 e. The number of halogens is 2. The third kappa shape index (κ3) is 3.54. The summed E-state index contributed by atoms with van der Waals surface area (Å²) in [6.07, 6.45) is 0. The fourth-order valence-electron chi connectivity index (χ4n) is 2.18. The average molecular weight is 356 g/mol. The minimum absolute atomic E-state index is 0.236. The van der Waals surface area contributed by atoms with Crippen molar-refractivity contribution < 1.29 is 14.3 Å². The molecule has 6 heteroatoms. The number of amides is 1. The fourth-order valence-corrected chi connectivity index (χ4v) is 2.56. The number of nitrogens with one attached hydrogen (secondary N) is 1. The van der Waals surface area contributed by atoms with Crippen molar-refractivity contribution >= 4 is 40.7 Å². The number of rotatable bonds is 2. The van der Waals surface area contributed by atoms with E-state index in [2.05, 4.69) is 5.32 Å². The molecule has 1 aromatic rings. The predicted octanol–water partition coefficient (Wildman–Crippen LogP) is 4.20. The van der Waals surface area contributed by atoms with Gasteiger partial charge in [0.1, 0.15) is 5.76 Å². The molecule has 0 saturated carbocycles. The molecule has 1 aliphatic heterocycles. The zero-order valence-electron chi connectivity index (χ0n) is 13.7. The number of hydrogen-bond acceptors (Lipinski definition) is 3. The highest BCUT2D eigenvalue weighted by atomic mass is 35.5. The van der Waals surface area contributed by atoms with Crippen LogP contribution in [0, 0.1) is 5.41 Å². The molecule has 124 valence electrons. The first-order chi connectivity index (χ1) is 10.4. The Kier molecular flexibility index (Phi) is 4.53. The Morgan fingerprint density at radius 2 is 1.83 bits per heavy atom. The Morgan fingerprint density at radius 3 is 2.39 bits per heavy atom. The second-order valence-corrected chi connectivity index (χ2v) is 7.89. The monoisotopic (exact) mass is 355 g/mol. The number of ether oxygens (including phenoxy) is 1. The average Bonchev–Trinajstić information content (AvgIpc) is 2.61. The summed E-state index contributed by atoms with van der Waals surface area (Å²) in [6.45, 7) is 8.78. The smallest absolute Gasteiger partial charge is 0.316 e. The first kappa shape index (κ1) is 17.8. The van der Waals surface area contributed by atoms with E-state index in [4.69, 9.17) is 27.9 Å². The van der Waals surface area contributed by atoms with Gasteiger partial charge in [0, 0.05) is 15.6 Å². The van der Waals surface area contributed by atoms with Crippen LogP contribution in [0.1, 0.15) is 40.2 Å². The molecule has 1 N–H and O–H groups in total. The van der Waals surface area contributed by atoms with Crippen LogP contribution >= 0.6 is 23.2 Å². The second kappa shape index (κ2) is 5.84. The second-order valence-electron chi connectivity index (χ2n) is 7.05. The van der Waals surface area contributed by atoms with Crippen LogP contribution in [0.3, 0.4) is 0 Å². The summed E-state index contributed by atoms with van der Waals surface area (Å²) < 4.78 is 5.58. The van der Waals surface area contributed by atoms with Crippen molar-refractivity contribution in [3.05, 3.63) is 39.6 Å². The molecule has 1 heterocycles. The van der Waals surface area contributed by atoms with Crippen molar-refractivity contribution in [2.75, 3.05) is 0 Å². The lowest BCUT2D eigenvalue weighted by molar-refractivity contribution is -0.149. The van der Waals surface area contributed by atoms with Gasteiger partial charge in [0.25, 0.3) is 5.91 Å². The minimum atomic E-state index is -0.820. The van der Waals surface area contributed by atoms with Gasteiger partial charge in [-0.1, -0.05) is 23.2 Å². The van der Waals surface area contributed by atoms with Crippen LogP contribution in [-0.2, 0) is 14.3 Å². The predicted molar refractivity (Wildman–Crippen MR) is 91.2 cm³/mol. The van der Waals surface area contributed by atoms with Crippen molar-refractivity contribution in [2.45, 2.75) is 40.2 Å². The van der Waals surface area contributed by atoms with E-state index in [9.17, 15) is 9.59 Å². The summed E-state index contributed by atoms with van der Waals surface area (Å²) in [4.78, 5) is 24.7. The van der Waals surface area contributed by atoms with E-state index in [1.54, 1.807) is 52.8 Å². The third-order valence-corrected chi connectivity index (χ3v) is 4.02. The summed E-state index contributed by atoms with van der Waals surface area (Å²) in [5.74, 6) is -0.518. The zero-order valence-corrected chi connectivity index (χ0v) is 15.2. The van der Waals surface area contributed by atoms with Gasteiger partial charge in [0.2, 0.25) is 0 Å². The van der Waals surface area contributed by atoms with Gasteiger partial charge < -0.3 is 10.1 Å². The molecule has 0 radical (unpaired) electrons. The van der Waals surface area contributed by atoms with Gasteiger partial charge in [-0.2, -0.15) is 0 Å². The maximum atomic E-state index is 12.4. The molecule has 0 fully saturated rings. The van der Waals surface area contributed by atoms with E-state index in [1.165, 1.54) is 0 Å². The summed E-state index contributed by atoms with van der Waals surface area (Å²) in [5, 5.41) is 3.61. The highest BCUT2D eigenvalue weighted by molar-refractivity contribution is 6.37. The molecule has 23 heavy (non-hydrogen) atoms. The van der Waals surface area contributed by atoms with Crippen molar-refractivity contribution in [1.82, 2.24) is 5.32 Å². The molecule has 2 rings (SSSR count). The number of carbonyl (C=O) groups is 2. The quantitative estimate of drug-likeness (QED) is 0.808. The first-order valence-electron chi connectivity index (χ1n) is 7.18. The SMILES string of the molecule is CC(C)(C)C(=O)OC1=C(c2cc(Cl)ccc2Cl)C(=O)NC1(C)C. The lowest BCUT2D eigenvalue weighted by Crippen LogP contribution is -2.40. The Bertz CT molecular complexity index is 715. The van der Waals surface area contributed by atoms with Gasteiger partial charge in [-0.15, -0.1) is 0 Å². The summed E-state index contributed by atoms with van der Waals surface area (Å²) in [5.41, 5.74) is -0.837. The summed E-state index contributed by atoms with van der Waals surface area (Å²) >= 11 is 12.2. The van der Waals surface area contributed by atoms with Gasteiger partial charge in [-0.05, 0) is 52.8 Å². The summed E-state index contributed by atoms with van der Waals surface area (Å²) in [7, 11) is 0. The Morgan fingerprint density at radius 1 is 1.22 bits per heavy atom. The summed E-state index contributed by atoms with van der Waals surface area (Å²) in [6, 6.07) is 4.83. The lowest BCUT2D eigenvalue weighted by Gasteiger charge is -2.25. The molecule has 1 amide bonds. The van der Waals surface area contributed by atoms with Crippen molar-refractivity contribution in [1.29, 1.82) is 0 Å². The molecular formula is C17H19Cl2NO3. The molecule has 0 unspecified atom stereocenters. The molecule has 0 spiro atoms. The van der Waals surface area contributed by atoms with Crippen molar-refractivity contribution in [3.63, 3.8) is 0 Å². The number of esters is 1. The molecule has 0 atom stereocenters. The van der Waals surface area contributed by atoms with Crippen LogP contribution in [0.15, 0.2) is 24.0 Å². The van der Waals surface area contributed by atoms with Crippen molar-refractivity contribution in [2.24, 2.45) is 5.41 Å². The van der Waals surface area contributed by atoms with Gasteiger partial charge >= 0.3 is 5.97 Å². The molecule has 0 aromatic heterocycles. The highest BCUT2D eigenvalue weighted by Crippen LogP contribution is 2.38. The van der Waals surface area contributed by atoms with Gasteiger partial charge in [-0.25, -0.2) is 0 Å². The standard InChI is InChI=1S/C17H19Cl2NO3/c1-16(2,3)15(22)23-13-12(14(21)20-17(13,4)5)10-8-9(18)6-7-11(10)19/h6-8H,1-5H3,(H,20,21). The zero-order chi connectivity index (χ0) is 17.6. The van der Waals surface area contributed by atoms with Crippen LogP contribution in [0.5, 0.6) is 0 Å². The minimum Gasteiger partial charge on any atom is -0.427 e. The molecular weight excluding hydrogens is 337 g/mol. The van der Waals surface area contributed by atoms with E-state index in [0.717, 1.165) is 0 Å². The number of carbonyl (C=O) groups excluding carboxylic acids is 2. The van der Waals surface area contributed by atoms with Crippen LogP contribution < -0.4 is 5.32 Å². The molecule has 1 aliphatic rings. The Labute approximate surface area is 145 Å². The first-order valence-corrected chi connectivity index (χ1v) is 7.94. The van der Waals surface area contributed by atoms with Crippen LogP contribution in [0.2, 0.25) is 10.0 Å². The molecule has 0 bridgehead atoms. The van der Waals surface area contributed by atoms with Crippen LogP contribution in [-0.4, -0.2) is 17.4 Å². The maximum absolute atomic E-state index is 12.4. The van der Waals surface area contributed by atoms with Gasteiger partial charge in [-0.3, -0.25) is 9.59 Å². The molecule has 0 saturated heterocycles. The topological polar surface area (TPSA) is 55.4 Å². The normalized spacial score (nSPS) is 17.3.